The van der Waals surface area contributed by atoms with Gasteiger partial charge in [0.25, 0.3) is 6.43 Å². The Balaban J connectivity index is 2.21. The van der Waals surface area contributed by atoms with Crippen molar-refractivity contribution in [1.29, 1.82) is 0 Å². The van der Waals surface area contributed by atoms with E-state index in [2.05, 4.69) is 14.4 Å². The van der Waals surface area contributed by atoms with Gasteiger partial charge in [-0.2, -0.15) is 5.10 Å². The smallest absolute Gasteiger partial charge is 0.258 e. The first kappa shape index (κ1) is 17.5. The van der Waals surface area contributed by atoms with E-state index >= 15 is 0 Å². The molecule has 1 atom stereocenters. The molecular formula is C17H18F2N4OS. The van der Waals surface area contributed by atoms with Crippen molar-refractivity contribution in [2.75, 3.05) is 6.54 Å². The summed E-state index contributed by atoms with van der Waals surface area (Å²) in [6, 6.07) is 8.82. The summed E-state index contributed by atoms with van der Waals surface area (Å²) in [4.78, 5) is 4.50. The zero-order valence-corrected chi connectivity index (χ0v) is 14.7. The molecule has 2 aromatic heterocycles. The number of aromatic nitrogens is 3. The maximum atomic E-state index is 13.4. The molecule has 1 unspecified atom stereocenters. The van der Waals surface area contributed by atoms with E-state index in [0.29, 0.717) is 15.8 Å². The van der Waals surface area contributed by atoms with Crippen molar-refractivity contribution in [2.24, 2.45) is 4.36 Å². The standard InChI is InChI=1S/C17H18F2N4OS/c1-12(2)25(24,21-10-17(18)19)16-7-3-6-15-14(16)11-23(22-15)13-5-4-8-20-9-13/h3-9,11-12,17H,10H2,1-2H3. The van der Waals surface area contributed by atoms with E-state index in [0.717, 1.165) is 5.69 Å². The van der Waals surface area contributed by atoms with Crippen LogP contribution in [0, 0.1) is 0 Å². The maximum absolute atomic E-state index is 13.4. The van der Waals surface area contributed by atoms with Gasteiger partial charge in [-0.1, -0.05) is 6.07 Å². The summed E-state index contributed by atoms with van der Waals surface area (Å²) < 4.78 is 44.2. The van der Waals surface area contributed by atoms with Crippen LogP contribution in [0.1, 0.15) is 13.8 Å². The molecule has 0 saturated carbocycles. The van der Waals surface area contributed by atoms with Gasteiger partial charge in [0.1, 0.15) is 6.54 Å². The van der Waals surface area contributed by atoms with Crippen LogP contribution in [0.5, 0.6) is 0 Å². The summed E-state index contributed by atoms with van der Waals surface area (Å²) in [6.45, 7) is 2.70. The average molecular weight is 364 g/mol. The summed E-state index contributed by atoms with van der Waals surface area (Å²) in [6.07, 6.45) is 2.43. The summed E-state index contributed by atoms with van der Waals surface area (Å²) >= 11 is 0. The van der Waals surface area contributed by atoms with Crippen LogP contribution in [0.15, 0.2) is 58.2 Å². The highest BCUT2D eigenvalue weighted by Crippen LogP contribution is 2.28. The molecule has 0 N–H and O–H groups in total. The van der Waals surface area contributed by atoms with Gasteiger partial charge in [-0.05, 0) is 38.1 Å². The van der Waals surface area contributed by atoms with Crippen LogP contribution in [0.4, 0.5) is 8.78 Å². The van der Waals surface area contributed by atoms with Gasteiger partial charge in [0.15, 0.2) is 0 Å². The lowest BCUT2D eigenvalue weighted by Gasteiger charge is -2.15. The van der Waals surface area contributed by atoms with E-state index in [9.17, 15) is 13.0 Å². The normalized spacial score (nSPS) is 14.2. The fourth-order valence-electron chi connectivity index (χ4n) is 2.53. The van der Waals surface area contributed by atoms with E-state index < -0.39 is 27.9 Å². The Kier molecular flexibility index (Phi) is 4.80. The molecule has 0 aliphatic carbocycles. The van der Waals surface area contributed by atoms with Crippen molar-refractivity contribution in [1.82, 2.24) is 14.8 Å². The highest BCUT2D eigenvalue weighted by molar-refractivity contribution is 7.94. The molecule has 0 bridgehead atoms. The van der Waals surface area contributed by atoms with Crippen LogP contribution in [-0.2, 0) is 9.73 Å². The Morgan fingerprint density at radius 3 is 2.68 bits per heavy atom. The van der Waals surface area contributed by atoms with Crippen molar-refractivity contribution < 1.29 is 13.0 Å². The van der Waals surface area contributed by atoms with Crippen molar-refractivity contribution in [3.63, 3.8) is 0 Å². The Morgan fingerprint density at radius 1 is 1.24 bits per heavy atom. The summed E-state index contributed by atoms with van der Waals surface area (Å²) in [5.74, 6) is 0. The van der Waals surface area contributed by atoms with Crippen LogP contribution < -0.4 is 0 Å². The third-order valence-corrected chi connectivity index (χ3v) is 6.58. The quantitative estimate of drug-likeness (QED) is 0.689. The first-order valence-electron chi connectivity index (χ1n) is 7.80. The van der Waals surface area contributed by atoms with E-state index in [1.807, 2.05) is 6.07 Å². The van der Waals surface area contributed by atoms with Crippen LogP contribution >= 0.6 is 0 Å². The molecule has 3 aromatic rings. The lowest BCUT2D eigenvalue weighted by atomic mass is 10.2. The van der Waals surface area contributed by atoms with Crippen LogP contribution in [0.25, 0.3) is 16.6 Å². The second-order valence-electron chi connectivity index (χ2n) is 5.79. The van der Waals surface area contributed by atoms with Crippen molar-refractivity contribution in [3.05, 3.63) is 48.9 Å². The number of benzene rings is 1. The fraction of sp³-hybridized carbons (Fsp3) is 0.294. The van der Waals surface area contributed by atoms with Crippen LogP contribution in [0.3, 0.4) is 0 Å². The lowest BCUT2D eigenvalue weighted by Crippen LogP contribution is -2.16. The fourth-order valence-corrected chi connectivity index (χ4v) is 4.56. The van der Waals surface area contributed by atoms with Crippen LogP contribution in [0.2, 0.25) is 0 Å². The predicted octanol–water partition coefficient (Wildman–Crippen LogP) is 3.92. The molecule has 3 rings (SSSR count). The molecule has 0 fully saturated rings. The highest BCUT2D eigenvalue weighted by atomic mass is 32.2. The Bertz CT molecular complexity index is 992. The largest absolute Gasteiger partial charge is 0.262 e. The number of hydrogen-bond acceptors (Lipinski definition) is 4. The molecule has 25 heavy (non-hydrogen) atoms. The van der Waals surface area contributed by atoms with Gasteiger partial charge in [-0.25, -0.2) is 22.0 Å². The third-order valence-electron chi connectivity index (χ3n) is 3.78. The number of halogens is 2. The van der Waals surface area contributed by atoms with Crippen molar-refractivity contribution in [2.45, 2.75) is 30.4 Å². The summed E-state index contributed by atoms with van der Waals surface area (Å²) in [5, 5.41) is 4.71. The summed E-state index contributed by atoms with van der Waals surface area (Å²) in [5.41, 5.74) is 1.38. The SMILES string of the molecule is CC(C)S(=O)(=NCC(F)F)c1cccc2nn(-c3cccnc3)cc12. The average Bonchev–Trinajstić information content (AvgIpc) is 3.04. The van der Waals surface area contributed by atoms with Crippen molar-refractivity contribution in [3.8, 4) is 5.69 Å². The minimum Gasteiger partial charge on any atom is -0.262 e. The van der Waals surface area contributed by atoms with Crippen molar-refractivity contribution >= 4 is 20.6 Å². The number of alkyl halides is 2. The predicted molar refractivity (Wildman–Crippen MR) is 93.7 cm³/mol. The zero-order chi connectivity index (χ0) is 18.0. The molecule has 5 nitrogen and oxygen atoms in total. The monoisotopic (exact) mass is 364 g/mol. The Morgan fingerprint density at radius 2 is 2.04 bits per heavy atom. The second-order valence-corrected chi connectivity index (χ2v) is 8.57. The summed E-state index contributed by atoms with van der Waals surface area (Å²) in [7, 11) is -3.00. The van der Waals surface area contributed by atoms with E-state index in [1.54, 1.807) is 61.4 Å². The molecular weight excluding hydrogens is 346 g/mol. The molecule has 1 aromatic carbocycles. The van der Waals surface area contributed by atoms with Gasteiger partial charge in [0.05, 0.1) is 32.0 Å². The van der Waals surface area contributed by atoms with Gasteiger partial charge in [-0.15, -0.1) is 0 Å². The first-order chi connectivity index (χ1) is 11.9. The second kappa shape index (κ2) is 6.87. The molecule has 2 heterocycles. The Labute approximate surface area is 144 Å². The molecule has 0 radical (unpaired) electrons. The molecule has 0 spiro atoms. The minimum absolute atomic E-state index is 0.404. The van der Waals surface area contributed by atoms with Crippen LogP contribution in [-0.4, -0.2) is 37.2 Å². The number of nitrogens with zero attached hydrogens (tertiary/aromatic N) is 4. The van der Waals surface area contributed by atoms with Gasteiger partial charge in [0, 0.05) is 23.0 Å². The number of pyridine rings is 1. The number of fused-ring (bicyclic) bond motifs is 1. The lowest BCUT2D eigenvalue weighted by molar-refractivity contribution is 0.159. The van der Waals surface area contributed by atoms with Gasteiger partial charge < -0.3 is 0 Å². The Hall–Kier alpha value is -2.35. The topological polar surface area (TPSA) is 60.1 Å². The van der Waals surface area contributed by atoms with E-state index in [1.165, 1.54) is 0 Å². The molecule has 132 valence electrons. The zero-order valence-electron chi connectivity index (χ0n) is 13.8. The van der Waals surface area contributed by atoms with Gasteiger partial charge in [-0.3, -0.25) is 4.98 Å². The molecule has 8 heteroatoms. The molecule has 0 aliphatic rings. The first-order valence-corrected chi connectivity index (χ1v) is 9.38. The molecule has 0 aliphatic heterocycles. The van der Waals surface area contributed by atoms with Gasteiger partial charge >= 0.3 is 0 Å². The van der Waals surface area contributed by atoms with Gasteiger partial charge in [0.2, 0.25) is 0 Å². The number of rotatable bonds is 5. The molecule has 0 saturated heterocycles. The minimum atomic E-state index is -3.00. The third kappa shape index (κ3) is 3.39. The van der Waals surface area contributed by atoms with E-state index in [-0.39, 0.29) is 0 Å². The highest BCUT2D eigenvalue weighted by Gasteiger charge is 2.22. The molecule has 0 amide bonds. The maximum Gasteiger partial charge on any atom is 0.258 e. The van der Waals surface area contributed by atoms with E-state index in [4.69, 9.17) is 0 Å². The number of hydrogen-bond donors (Lipinski definition) is 0.